The molecule has 1 amide bonds. The number of nitrogens with two attached hydrogens (primary N) is 1. The molecule has 2 atom stereocenters. The summed E-state index contributed by atoms with van der Waals surface area (Å²) in [5.74, 6) is -2.31. The molecule has 1 aliphatic rings. The first-order chi connectivity index (χ1) is 8.63. The molecule has 0 aliphatic heterocycles. The Bertz CT molecular complexity index is 451. The lowest BCUT2D eigenvalue weighted by molar-refractivity contribution is -0.120. The van der Waals surface area contributed by atoms with E-state index in [2.05, 4.69) is 5.32 Å². The maximum Gasteiger partial charge on any atom is 0.227 e. The summed E-state index contributed by atoms with van der Waals surface area (Å²) in [5.41, 5.74) is 5.49. The second-order valence-electron chi connectivity index (χ2n) is 4.62. The lowest BCUT2D eigenvalue weighted by Crippen LogP contribution is -2.30. The minimum Gasteiger partial charge on any atom is -0.330 e. The molecule has 1 saturated carbocycles. The van der Waals surface area contributed by atoms with Gasteiger partial charge in [-0.15, -0.1) is 0 Å². The lowest BCUT2D eigenvalue weighted by atomic mass is 9.95. The number of hydrogen-bond donors (Lipinski definition) is 2. The van der Waals surface area contributed by atoms with Crippen molar-refractivity contribution in [2.45, 2.75) is 19.3 Å². The molecule has 1 aromatic rings. The Labute approximate surface area is 104 Å². The largest absolute Gasteiger partial charge is 0.330 e. The highest BCUT2D eigenvalue weighted by atomic mass is 19.2. The van der Waals surface area contributed by atoms with Crippen LogP contribution in [0.3, 0.4) is 0 Å². The van der Waals surface area contributed by atoms with Crippen molar-refractivity contribution in [1.29, 1.82) is 0 Å². The Morgan fingerprint density at radius 3 is 2.89 bits per heavy atom. The van der Waals surface area contributed by atoms with Crippen LogP contribution in [0.25, 0.3) is 0 Å². The summed E-state index contributed by atoms with van der Waals surface area (Å²) in [7, 11) is 0. The predicted octanol–water partition coefficient (Wildman–Crippen LogP) is 2.28. The molecular weight excluding hydrogens is 238 g/mol. The number of benzene rings is 1. The average Bonchev–Trinajstić information content (AvgIpc) is 2.83. The first-order valence-electron chi connectivity index (χ1n) is 6.08. The van der Waals surface area contributed by atoms with Crippen molar-refractivity contribution in [2.75, 3.05) is 11.9 Å². The second kappa shape index (κ2) is 5.44. The average molecular weight is 254 g/mol. The fourth-order valence-corrected chi connectivity index (χ4v) is 2.49. The van der Waals surface area contributed by atoms with Gasteiger partial charge in [0, 0.05) is 5.92 Å². The quantitative estimate of drug-likeness (QED) is 0.869. The third kappa shape index (κ3) is 2.51. The second-order valence-corrected chi connectivity index (χ2v) is 4.62. The summed E-state index contributed by atoms with van der Waals surface area (Å²) in [6.07, 6.45) is 2.62. The predicted molar refractivity (Wildman–Crippen MR) is 64.9 cm³/mol. The smallest absolute Gasteiger partial charge is 0.227 e. The van der Waals surface area contributed by atoms with E-state index in [9.17, 15) is 13.6 Å². The van der Waals surface area contributed by atoms with Crippen molar-refractivity contribution in [1.82, 2.24) is 0 Å². The molecule has 0 heterocycles. The van der Waals surface area contributed by atoms with E-state index in [0.717, 1.165) is 25.3 Å². The van der Waals surface area contributed by atoms with Crippen LogP contribution >= 0.6 is 0 Å². The summed E-state index contributed by atoms with van der Waals surface area (Å²) in [6, 6.07) is 3.73. The summed E-state index contributed by atoms with van der Waals surface area (Å²) in [5, 5.41) is 2.45. The fraction of sp³-hybridized carbons (Fsp3) is 0.462. The summed E-state index contributed by atoms with van der Waals surface area (Å²) in [4.78, 5) is 12.0. The molecule has 0 saturated heterocycles. The van der Waals surface area contributed by atoms with Gasteiger partial charge in [0.1, 0.15) is 0 Å². The number of carbonyl (C=O) groups excluding carboxylic acids is 1. The first-order valence-corrected chi connectivity index (χ1v) is 6.08. The number of hydrogen-bond acceptors (Lipinski definition) is 2. The zero-order valence-corrected chi connectivity index (χ0v) is 9.96. The molecular formula is C13H16F2N2O. The van der Waals surface area contributed by atoms with Gasteiger partial charge in [0.2, 0.25) is 5.91 Å². The Hall–Kier alpha value is -1.49. The van der Waals surface area contributed by atoms with Gasteiger partial charge in [-0.3, -0.25) is 4.79 Å². The van der Waals surface area contributed by atoms with E-state index in [4.69, 9.17) is 5.73 Å². The van der Waals surface area contributed by atoms with Gasteiger partial charge < -0.3 is 11.1 Å². The molecule has 0 aromatic heterocycles. The van der Waals surface area contributed by atoms with Gasteiger partial charge in [0.05, 0.1) is 5.69 Å². The molecule has 1 fully saturated rings. The van der Waals surface area contributed by atoms with Crippen LogP contribution in [0.2, 0.25) is 0 Å². The summed E-state index contributed by atoms with van der Waals surface area (Å²) < 4.78 is 26.4. The maximum atomic E-state index is 13.4. The third-order valence-electron chi connectivity index (χ3n) is 3.51. The van der Waals surface area contributed by atoms with Crippen molar-refractivity contribution in [3.8, 4) is 0 Å². The molecule has 98 valence electrons. The van der Waals surface area contributed by atoms with E-state index in [1.165, 1.54) is 12.1 Å². The van der Waals surface area contributed by atoms with Crippen LogP contribution in [-0.2, 0) is 4.79 Å². The number of carbonyl (C=O) groups is 1. The molecule has 5 heteroatoms. The van der Waals surface area contributed by atoms with Crippen molar-refractivity contribution in [3.63, 3.8) is 0 Å². The van der Waals surface area contributed by atoms with Crippen LogP contribution in [0.1, 0.15) is 19.3 Å². The molecule has 3 nitrogen and oxygen atoms in total. The van der Waals surface area contributed by atoms with E-state index >= 15 is 0 Å². The molecule has 18 heavy (non-hydrogen) atoms. The van der Waals surface area contributed by atoms with Gasteiger partial charge in [0.25, 0.3) is 0 Å². The van der Waals surface area contributed by atoms with Gasteiger partial charge >= 0.3 is 0 Å². The highest BCUT2D eigenvalue weighted by Crippen LogP contribution is 2.32. The van der Waals surface area contributed by atoms with E-state index in [-0.39, 0.29) is 23.4 Å². The molecule has 1 aromatic carbocycles. The molecule has 0 spiro atoms. The lowest BCUT2D eigenvalue weighted by Gasteiger charge is -2.17. The van der Waals surface area contributed by atoms with Gasteiger partial charge in [0.15, 0.2) is 11.6 Å². The maximum absolute atomic E-state index is 13.4. The number of halogens is 2. The molecule has 0 radical (unpaired) electrons. The topological polar surface area (TPSA) is 55.1 Å². The first kappa shape index (κ1) is 13.0. The standard InChI is InChI=1S/C13H16F2N2O/c14-10-5-2-6-11(12(10)15)17-13(18)9-4-1-3-8(9)7-16/h2,5-6,8-9H,1,3-4,7,16H2,(H,17,18). The van der Waals surface area contributed by atoms with Crippen molar-refractivity contribution >= 4 is 11.6 Å². The van der Waals surface area contributed by atoms with Crippen LogP contribution in [0.15, 0.2) is 18.2 Å². The Balaban J connectivity index is 2.09. The Morgan fingerprint density at radius 2 is 2.17 bits per heavy atom. The van der Waals surface area contributed by atoms with Crippen LogP contribution < -0.4 is 11.1 Å². The van der Waals surface area contributed by atoms with Gasteiger partial charge in [-0.05, 0) is 37.4 Å². The van der Waals surface area contributed by atoms with E-state index in [0.29, 0.717) is 6.54 Å². The monoisotopic (exact) mass is 254 g/mol. The Morgan fingerprint density at radius 1 is 1.39 bits per heavy atom. The summed E-state index contributed by atoms with van der Waals surface area (Å²) >= 11 is 0. The van der Waals surface area contributed by atoms with Crippen LogP contribution in [-0.4, -0.2) is 12.5 Å². The fourth-order valence-electron chi connectivity index (χ4n) is 2.49. The van der Waals surface area contributed by atoms with Crippen LogP contribution in [0.4, 0.5) is 14.5 Å². The number of rotatable bonds is 3. The normalized spacial score (nSPS) is 23.1. The van der Waals surface area contributed by atoms with Crippen LogP contribution in [0, 0.1) is 23.5 Å². The zero-order chi connectivity index (χ0) is 13.1. The number of anilines is 1. The SMILES string of the molecule is NCC1CCCC1C(=O)Nc1cccc(F)c1F. The van der Waals surface area contributed by atoms with E-state index in [1.807, 2.05) is 0 Å². The highest BCUT2D eigenvalue weighted by Gasteiger charge is 2.32. The molecule has 2 unspecified atom stereocenters. The van der Waals surface area contributed by atoms with Crippen LogP contribution in [0.5, 0.6) is 0 Å². The third-order valence-corrected chi connectivity index (χ3v) is 3.51. The van der Waals surface area contributed by atoms with Gasteiger partial charge in [-0.1, -0.05) is 12.5 Å². The highest BCUT2D eigenvalue weighted by molar-refractivity contribution is 5.93. The number of nitrogens with one attached hydrogen (secondary N) is 1. The van der Waals surface area contributed by atoms with Crippen molar-refractivity contribution in [2.24, 2.45) is 17.6 Å². The number of amides is 1. The molecule has 2 rings (SSSR count). The molecule has 1 aliphatic carbocycles. The Kier molecular flexibility index (Phi) is 3.91. The van der Waals surface area contributed by atoms with Gasteiger partial charge in [-0.25, -0.2) is 8.78 Å². The zero-order valence-electron chi connectivity index (χ0n) is 9.96. The van der Waals surface area contributed by atoms with Crippen molar-refractivity contribution < 1.29 is 13.6 Å². The molecule has 3 N–H and O–H groups in total. The minimum absolute atomic E-state index is 0.109. The van der Waals surface area contributed by atoms with Gasteiger partial charge in [-0.2, -0.15) is 0 Å². The minimum atomic E-state index is -1.02. The summed E-state index contributed by atoms with van der Waals surface area (Å²) in [6.45, 7) is 0.448. The molecule has 0 bridgehead atoms. The van der Waals surface area contributed by atoms with Crippen molar-refractivity contribution in [3.05, 3.63) is 29.8 Å². The van der Waals surface area contributed by atoms with E-state index in [1.54, 1.807) is 0 Å². The van der Waals surface area contributed by atoms with E-state index < -0.39 is 11.6 Å².